The molecular weight excluding hydrogens is 240 g/mol. The van der Waals surface area contributed by atoms with E-state index in [1.165, 1.54) is 0 Å². The van der Waals surface area contributed by atoms with Gasteiger partial charge in [-0.1, -0.05) is 6.92 Å². The van der Waals surface area contributed by atoms with Gasteiger partial charge in [-0.15, -0.1) is 0 Å². The van der Waals surface area contributed by atoms with E-state index in [-0.39, 0.29) is 12.0 Å². The number of hydrogen-bond acceptors (Lipinski definition) is 3. The predicted molar refractivity (Wildman–Crippen MR) is 72.0 cm³/mol. The molecule has 0 unspecified atom stereocenters. The highest BCUT2D eigenvalue weighted by atomic mass is 16.5. The minimum Gasteiger partial charge on any atom is -0.373 e. The van der Waals surface area contributed by atoms with Gasteiger partial charge in [-0.05, 0) is 31.9 Å². The van der Waals surface area contributed by atoms with Crippen LogP contribution in [0.4, 0.5) is 0 Å². The number of carbonyl (C=O) groups is 1. The van der Waals surface area contributed by atoms with E-state index < -0.39 is 0 Å². The largest absolute Gasteiger partial charge is 0.373 e. The van der Waals surface area contributed by atoms with Crippen LogP contribution in [0, 0.1) is 5.92 Å². The molecule has 1 amide bonds. The molecule has 0 spiro atoms. The van der Waals surface area contributed by atoms with Crippen molar-refractivity contribution in [3.8, 4) is 0 Å². The van der Waals surface area contributed by atoms with Crippen LogP contribution in [0.1, 0.15) is 36.3 Å². The molecule has 4 nitrogen and oxygen atoms in total. The summed E-state index contributed by atoms with van der Waals surface area (Å²) in [5.41, 5.74) is 1.71. The maximum atomic E-state index is 12.4. The smallest absolute Gasteiger partial charge is 0.255 e. The number of hydrogen-bond donors (Lipinski definition) is 0. The summed E-state index contributed by atoms with van der Waals surface area (Å²) in [5, 5.41) is 0. The van der Waals surface area contributed by atoms with Gasteiger partial charge >= 0.3 is 0 Å². The fourth-order valence-corrected chi connectivity index (χ4v) is 3.11. The lowest BCUT2D eigenvalue weighted by Crippen LogP contribution is -2.31. The van der Waals surface area contributed by atoms with Gasteiger partial charge in [0.15, 0.2) is 0 Å². The number of pyridine rings is 1. The zero-order valence-corrected chi connectivity index (χ0v) is 11.5. The highest BCUT2D eigenvalue weighted by molar-refractivity contribution is 5.94. The Morgan fingerprint density at radius 1 is 1.47 bits per heavy atom. The second kappa shape index (κ2) is 4.93. The maximum absolute atomic E-state index is 12.4. The maximum Gasteiger partial charge on any atom is 0.255 e. The number of carbonyl (C=O) groups excluding carboxylic acids is 1. The summed E-state index contributed by atoms with van der Waals surface area (Å²) in [6.45, 7) is 5.72. The zero-order chi connectivity index (χ0) is 13.4. The van der Waals surface area contributed by atoms with E-state index in [2.05, 4.69) is 18.8 Å². The number of nitrogens with zero attached hydrogens (tertiary/aromatic N) is 2. The molecular formula is C15H20N2O2. The SMILES string of the molecule is CCc1ccc(C(=O)N2C[C@H]3C[C@H](C)O[C@H]3C2)cn1. The highest BCUT2D eigenvalue weighted by Crippen LogP contribution is 2.33. The molecule has 3 atom stereocenters. The van der Waals surface area contributed by atoms with E-state index >= 15 is 0 Å². The molecule has 4 heteroatoms. The average molecular weight is 260 g/mol. The summed E-state index contributed by atoms with van der Waals surface area (Å²) in [7, 11) is 0. The van der Waals surface area contributed by atoms with Gasteiger partial charge in [-0.2, -0.15) is 0 Å². The Hall–Kier alpha value is -1.42. The van der Waals surface area contributed by atoms with Gasteiger partial charge < -0.3 is 9.64 Å². The van der Waals surface area contributed by atoms with Crippen molar-refractivity contribution in [3.63, 3.8) is 0 Å². The van der Waals surface area contributed by atoms with Gasteiger partial charge in [0.25, 0.3) is 5.91 Å². The first kappa shape index (κ1) is 12.6. The molecule has 3 rings (SSSR count). The van der Waals surface area contributed by atoms with Gasteiger partial charge in [0.1, 0.15) is 0 Å². The van der Waals surface area contributed by atoms with Crippen LogP contribution < -0.4 is 0 Å². The summed E-state index contributed by atoms with van der Waals surface area (Å²) >= 11 is 0. The molecule has 1 aromatic rings. The lowest BCUT2D eigenvalue weighted by atomic mass is 10.0. The van der Waals surface area contributed by atoms with E-state index in [0.29, 0.717) is 17.6 Å². The molecule has 0 bridgehead atoms. The van der Waals surface area contributed by atoms with Crippen LogP contribution in [0.3, 0.4) is 0 Å². The number of fused-ring (bicyclic) bond motifs is 1. The number of aryl methyl sites for hydroxylation is 1. The van der Waals surface area contributed by atoms with Crippen molar-refractivity contribution < 1.29 is 9.53 Å². The van der Waals surface area contributed by atoms with Crippen molar-refractivity contribution in [3.05, 3.63) is 29.6 Å². The topological polar surface area (TPSA) is 42.4 Å². The Labute approximate surface area is 113 Å². The Morgan fingerprint density at radius 2 is 2.32 bits per heavy atom. The first-order valence-corrected chi connectivity index (χ1v) is 7.07. The number of likely N-dealkylation sites (tertiary alicyclic amines) is 1. The molecule has 19 heavy (non-hydrogen) atoms. The molecule has 2 fully saturated rings. The first-order chi connectivity index (χ1) is 9.17. The molecule has 0 N–H and O–H groups in total. The number of ether oxygens (including phenoxy) is 1. The van der Waals surface area contributed by atoms with E-state index in [0.717, 1.165) is 31.6 Å². The van der Waals surface area contributed by atoms with Crippen LogP contribution in [-0.4, -0.2) is 41.1 Å². The highest BCUT2D eigenvalue weighted by Gasteiger charge is 2.42. The lowest BCUT2D eigenvalue weighted by Gasteiger charge is -2.18. The lowest BCUT2D eigenvalue weighted by molar-refractivity contribution is 0.0443. The van der Waals surface area contributed by atoms with E-state index in [1.54, 1.807) is 6.20 Å². The van der Waals surface area contributed by atoms with Crippen molar-refractivity contribution in [1.82, 2.24) is 9.88 Å². The van der Waals surface area contributed by atoms with Crippen molar-refractivity contribution in [1.29, 1.82) is 0 Å². The first-order valence-electron chi connectivity index (χ1n) is 7.07. The van der Waals surface area contributed by atoms with Crippen LogP contribution in [0.15, 0.2) is 18.3 Å². The fourth-order valence-electron chi connectivity index (χ4n) is 3.11. The van der Waals surface area contributed by atoms with Crippen LogP contribution in [0.25, 0.3) is 0 Å². The number of rotatable bonds is 2. The third-order valence-electron chi connectivity index (χ3n) is 4.14. The summed E-state index contributed by atoms with van der Waals surface area (Å²) in [5.74, 6) is 0.600. The molecule has 2 saturated heterocycles. The molecule has 0 saturated carbocycles. The van der Waals surface area contributed by atoms with Gasteiger partial charge in [0.05, 0.1) is 17.8 Å². The summed E-state index contributed by atoms with van der Waals surface area (Å²) < 4.78 is 5.83. The third-order valence-corrected chi connectivity index (χ3v) is 4.14. The molecule has 3 heterocycles. The Kier molecular flexibility index (Phi) is 3.27. The van der Waals surface area contributed by atoms with Crippen LogP contribution in [0.2, 0.25) is 0 Å². The summed E-state index contributed by atoms with van der Waals surface area (Å²) in [4.78, 5) is 18.6. The number of aromatic nitrogens is 1. The van der Waals surface area contributed by atoms with E-state index in [1.807, 2.05) is 17.0 Å². The Balaban J connectivity index is 1.68. The molecule has 2 aliphatic rings. The van der Waals surface area contributed by atoms with Crippen LogP contribution in [0.5, 0.6) is 0 Å². The van der Waals surface area contributed by atoms with Crippen molar-refractivity contribution in [2.75, 3.05) is 13.1 Å². The zero-order valence-electron chi connectivity index (χ0n) is 11.5. The quantitative estimate of drug-likeness (QED) is 0.815. The molecule has 0 aliphatic carbocycles. The van der Waals surface area contributed by atoms with Gasteiger partial charge in [-0.3, -0.25) is 9.78 Å². The van der Waals surface area contributed by atoms with Gasteiger partial charge in [0.2, 0.25) is 0 Å². The average Bonchev–Trinajstić information content (AvgIpc) is 2.95. The molecule has 2 aliphatic heterocycles. The fraction of sp³-hybridized carbons (Fsp3) is 0.600. The molecule has 0 aromatic carbocycles. The standard InChI is InChI=1S/C15H20N2O2/c1-3-13-5-4-11(7-16-13)15(18)17-8-12-6-10(2)19-14(12)9-17/h4-5,7,10,12,14H,3,6,8-9H2,1-2H3/t10-,12+,14-/m0/s1. The van der Waals surface area contributed by atoms with E-state index in [4.69, 9.17) is 4.74 Å². The molecule has 0 radical (unpaired) electrons. The van der Waals surface area contributed by atoms with Gasteiger partial charge in [0, 0.05) is 30.9 Å². The Morgan fingerprint density at radius 3 is 2.95 bits per heavy atom. The second-order valence-corrected chi connectivity index (χ2v) is 5.58. The summed E-state index contributed by atoms with van der Waals surface area (Å²) in [6, 6.07) is 3.81. The monoisotopic (exact) mass is 260 g/mol. The van der Waals surface area contributed by atoms with Crippen LogP contribution in [-0.2, 0) is 11.2 Å². The van der Waals surface area contributed by atoms with Crippen molar-refractivity contribution in [2.45, 2.75) is 38.9 Å². The number of amides is 1. The molecule has 102 valence electrons. The normalized spacial score (nSPS) is 29.6. The summed E-state index contributed by atoms with van der Waals surface area (Å²) in [6.07, 6.45) is 4.24. The minimum atomic E-state index is 0.0841. The van der Waals surface area contributed by atoms with Crippen molar-refractivity contribution in [2.24, 2.45) is 5.92 Å². The predicted octanol–water partition coefficient (Wildman–Crippen LogP) is 1.89. The third kappa shape index (κ3) is 2.37. The van der Waals surface area contributed by atoms with Gasteiger partial charge in [-0.25, -0.2) is 0 Å². The minimum absolute atomic E-state index is 0.0841. The second-order valence-electron chi connectivity index (χ2n) is 5.58. The Bertz CT molecular complexity index is 458. The molecule has 1 aromatic heterocycles. The van der Waals surface area contributed by atoms with Crippen molar-refractivity contribution >= 4 is 5.91 Å². The van der Waals surface area contributed by atoms with Crippen LogP contribution >= 0.6 is 0 Å². The van der Waals surface area contributed by atoms with E-state index in [9.17, 15) is 4.79 Å².